The van der Waals surface area contributed by atoms with Gasteiger partial charge in [0, 0.05) is 11.4 Å². The van der Waals surface area contributed by atoms with Gasteiger partial charge in [-0.2, -0.15) is 0 Å². The van der Waals surface area contributed by atoms with Gasteiger partial charge >= 0.3 is 12.0 Å². The number of fused-ring (bicyclic) bond motifs is 1. The van der Waals surface area contributed by atoms with Crippen molar-refractivity contribution in [3.05, 3.63) is 65.5 Å². The molecule has 0 saturated heterocycles. The fourth-order valence-corrected chi connectivity index (χ4v) is 4.57. The number of nitrogens with one attached hydrogen (secondary N) is 2. The number of nitrogens with two attached hydrogens (primary N) is 1. The average Bonchev–Trinajstić information content (AvgIpc) is 3.52. The van der Waals surface area contributed by atoms with Crippen molar-refractivity contribution in [2.24, 2.45) is 0 Å². The average molecular weight is 499 g/mol. The van der Waals surface area contributed by atoms with Crippen LogP contribution in [0.2, 0.25) is 0 Å². The van der Waals surface area contributed by atoms with Crippen LogP contribution in [0.15, 0.2) is 63.5 Å². The van der Waals surface area contributed by atoms with Crippen LogP contribution >= 0.6 is 11.8 Å². The molecule has 13 heteroatoms. The summed E-state index contributed by atoms with van der Waals surface area (Å²) in [6.07, 6.45) is 0.919. The zero-order valence-electron chi connectivity index (χ0n) is 18.6. The molecule has 4 N–H and O–H groups in total. The van der Waals surface area contributed by atoms with Crippen molar-refractivity contribution in [3.8, 4) is 11.5 Å². The predicted molar refractivity (Wildman–Crippen MR) is 123 cm³/mol. The molecule has 35 heavy (non-hydrogen) atoms. The summed E-state index contributed by atoms with van der Waals surface area (Å²) in [4.78, 5) is 25.1. The lowest BCUT2D eigenvalue weighted by atomic mass is 10.0. The van der Waals surface area contributed by atoms with Gasteiger partial charge in [0.15, 0.2) is 23.4 Å². The SMILES string of the molecule is CCOC(=O)C1=C(CSc2nnc(C3COc4ccccc4O3)n2N)NC(=O)NC1c1ccco1. The number of benzene rings is 1. The number of aromatic nitrogens is 3. The Hall–Kier alpha value is -4.13. The van der Waals surface area contributed by atoms with Gasteiger partial charge in [-0.15, -0.1) is 10.2 Å². The second kappa shape index (κ2) is 9.62. The number of rotatable bonds is 7. The molecule has 1 aromatic carbocycles. The fraction of sp³-hybridized carbons (Fsp3) is 0.273. The summed E-state index contributed by atoms with van der Waals surface area (Å²) in [6.45, 7) is 2.11. The maximum absolute atomic E-state index is 12.8. The van der Waals surface area contributed by atoms with Gasteiger partial charge < -0.3 is 35.1 Å². The number of nitrogen functional groups attached to an aromatic ring is 1. The molecule has 0 fully saturated rings. The third kappa shape index (κ3) is 4.49. The standard InChI is InChI=1S/C22H22N6O6S/c1-2-31-20(29)17-12(24-21(30)25-18(17)15-8-5-9-32-15)11-35-22-27-26-19(28(22)23)16-10-33-13-6-3-4-7-14(13)34-16/h3-9,16,18H,2,10-11,23H2,1H3,(H2,24,25,30). The highest BCUT2D eigenvalue weighted by Crippen LogP contribution is 2.36. The number of carbonyl (C=O) groups is 2. The molecule has 0 saturated carbocycles. The van der Waals surface area contributed by atoms with Crippen LogP contribution in [0.5, 0.6) is 11.5 Å². The molecule has 2 aromatic heterocycles. The summed E-state index contributed by atoms with van der Waals surface area (Å²) in [5, 5.41) is 14.1. The second-order valence-corrected chi connectivity index (χ2v) is 8.47. The minimum absolute atomic E-state index is 0.166. The van der Waals surface area contributed by atoms with Gasteiger partial charge in [0.05, 0.1) is 18.4 Å². The minimum atomic E-state index is -0.799. The number of nitrogens with zero attached hydrogens (tertiary/aromatic N) is 3. The Bertz CT molecular complexity index is 1270. The molecule has 0 spiro atoms. The van der Waals surface area contributed by atoms with Crippen molar-refractivity contribution < 1.29 is 28.2 Å². The van der Waals surface area contributed by atoms with Crippen LogP contribution in [0.4, 0.5) is 4.79 Å². The number of furan rings is 1. The highest BCUT2D eigenvalue weighted by atomic mass is 32.2. The Labute approximate surface area is 203 Å². The van der Waals surface area contributed by atoms with Crippen molar-refractivity contribution in [1.29, 1.82) is 0 Å². The maximum Gasteiger partial charge on any atom is 0.338 e. The zero-order valence-corrected chi connectivity index (χ0v) is 19.4. The van der Waals surface area contributed by atoms with E-state index in [-0.39, 0.29) is 24.5 Å². The first-order valence-corrected chi connectivity index (χ1v) is 11.8. The van der Waals surface area contributed by atoms with E-state index in [0.29, 0.717) is 33.9 Å². The molecular weight excluding hydrogens is 476 g/mol. The first-order valence-electron chi connectivity index (χ1n) is 10.8. The lowest BCUT2D eigenvalue weighted by Gasteiger charge is -2.27. The van der Waals surface area contributed by atoms with Gasteiger partial charge in [0.2, 0.25) is 5.16 Å². The summed E-state index contributed by atoms with van der Waals surface area (Å²) in [5.41, 5.74) is 0.590. The van der Waals surface area contributed by atoms with Crippen molar-refractivity contribution in [2.45, 2.75) is 24.2 Å². The molecule has 2 atom stereocenters. The highest BCUT2D eigenvalue weighted by Gasteiger charge is 2.35. The molecule has 12 nitrogen and oxygen atoms in total. The Morgan fingerprint density at radius 2 is 2.09 bits per heavy atom. The summed E-state index contributed by atoms with van der Waals surface area (Å²) in [5.74, 6) is 7.87. The van der Waals surface area contributed by atoms with E-state index in [1.165, 1.54) is 22.7 Å². The smallest absolute Gasteiger partial charge is 0.338 e. The number of carbonyl (C=O) groups excluding carboxylic acids is 2. The molecule has 0 bridgehead atoms. The fourth-order valence-electron chi connectivity index (χ4n) is 3.74. The Morgan fingerprint density at radius 3 is 2.86 bits per heavy atom. The van der Waals surface area contributed by atoms with E-state index in [9.17, 15) is 9.59 Å². The van der Waals surface area contributed by atoms with Crippen LogP contribution in [-0.2, 0) is 9.53 Å². The third-order valence-corrected chi connectivity index (χ3v) is 6.28. The number of thioether (sulfide) groups is 1. The molecule has 2 unspecified atom stereocenters. The summed E-state index contributed by atoms with van der Waals surface area (Å²) < 4.78 is 23.7. The van der Waals surface area contributed by atoms with Crippen molar-refractivity contribution >= 4 is 23.8 Å². The topological polar surface area (TPSA) is 156 Å². The van der Waals surface area contributed by atoms with E-state index < -0.39 is 24.1 Å². The molecule has 2 amide bonds. The van der Waals surface area contributed by atoms with Gasteiger partial charge in [-0.3, -0.25) is 0 Å². The number of hydrogen-bond acceptors (Lipinski definition) is 10. The van der Waals surface area contributed by atoms with Crippen molar-refractivity contribution in [1.82, 2.24) is 25.5 Å². The van der Waals surface area contributed by atoms with Crippen molar-refractivity contribution in [2.75, 3.05) is 24.8 Å². The molecule has 2 aliphatic heterocycles. The molecule has 4 heterocycles. The normalized spacial score (nSPS) is 19.2. The molecule has 0 radical (unpaired) electrons. The molecule has 182 valence electrons. The number of para-hydroxylation sites is 2. The Morgan fingerprint density at radius 1 is 1.26 bits per heavy atom. The van der Waals surface area contributed by atoms with Crippen LogP contribution in [0, 0.1) is 0 Å². The van der Waals surface area contributed by atoms with E-state index in [1.54, 1.807) is 25.1 Å². The van der Waals surface area contributed by atoms with Crippen molar-refractivity contribution in [3.63, 3.8) is 0 Å². The first kappa shape index (κ1) is 22.7. The van der Waals surface area contributed by atoms with E-state index in [2.05, 4.69) is 20.8 Å². The van der Waals surface area contributed by atoms with Gasteiger partial charge in [-0.05, 0) is 31.2 Å². The second-order valence-electron chi connectivity index (χ2n) is 7.52. The van der Waals surface area contributed by atoms with Gasteiger partial charge in [-0.1, -0.05) is 23.9 Å². The summed E-state index contributed by atoms with van der Waals surface area (Å²) in [7, 11) is 0. The summed E-state index contributed by atoms with van der Waals surface area (Å²) >= 11 is 1.19. The summed E-state index contributed by atoms with van der Waals surface area (Å²) in [6, 6.07) is 9.39. The Kier molecular flexibility index (Phi) is 6.23. The maximum atomic E-state index is 12.8. The van der Waals surface area contributed by atoms with Gasteiger partial charge in [-0.25, -0.2) is 14.3 Å². The number of ether oxygens (including phenoxy) is 3. The number of urea groups is 1. The van der Waals surface area contributed by atoms with Gasteiger partial charge in [0.25, 0.3) is 0 Å². The molecular formula is C22H22N6O6S. The largest absolute Gasteiger partial charge is 0.485 e. The molecule has 5 rings (SSSR count). The molecule has 2 aliphatic rings. The van der Waals surface area contributed by atoms with Crippen LogP contribution in [0.1, 0.15) is 30.7 Å². The van der Waals surface area contributed by atoms with E-state index in [1.807, 2.05) is 18.2 Å². The predicted octanol–water partition coefficient (Wildman–Crippen LogP) is 2.06. The number of esters is 1. The van der Waals surface area contributed by atoms with E-state index in [4.69, 9.17) is 24.5 Å². The van der Waals surface area contributed by atoms with E-state index in [0.717, 1.165) is 0 Å². The van der Waals surface area contributed by atoms with Crippen LogP contribution in [0.25, 0.3) is 0 Å². The van der Waals surface area contributed by atoms with Crippen LogP contribution < -0.4 is 25.9 Å². The van der Waals surface area contributed by atoms with E-state index >= 15 is 0 Å². The number of hydrogen-bond donors (Lipinski definition) is 3. The quantitative estimate of drug-likeness (QED) is 0.250. The highest BCUT2D eigenvalue weighted by molar-refractivity contribution is 7.99. The first-order chi connectivity index (χ1) is 17.0. The number of amides is 2. The van der Waals surface area contributed by atoms with Crippen LogP contribution in [-0.4, -0.2) is 45.8 Å². The molecule has 3 aromatic rings. The van der Waals surface area contributed by atoms with Gasteiger partial charge in [0.1, 0.15) is 18.4 Å². The Balaban J connectivity index is 1.38. The monoisotopic (exact) mass is 498 g/mol. The minimum Gasteiger partial charge on any atom is -0.485 e. The third-order valence-electron chi connectivity index (χ3n) is 5.31. The molecule has 0 aliphatic carbocycles. The van der Waals surface area contributed by atoms with Crippen LogP contribution in [0.3, 0.4) is 0 Å². The zero-order chi connectivity index (χ0) is 24.4. The lowest BCUT2D eigenvalue weighted by Crippen LogP contribution is -2.46. The lowest BCUT2D eigenvalue weighted by molar-refractivity contribution is -0.139.